The van der Waals surface area contributed by atoms with E-state index in [9.17, 15) is 9.59 Å². The third-order valence-electron chi connectivity index (χ3n) is 3.25. The summed E-state index contributed by atoms with van der Waals surface area (Å²) in [5.41, 5.74) is 0.0536. The Balaban J connectivity index is 3.39. The Labute approximate surface area is 139 Å². The predicted molar refractivity (Wildman–Crippen MR) is 84.6 cm³/mol. The standard InChI is InChI=1S/C14H18Cl3NO3/c1-5-6-13(2,3)18-8-9(11(19)14(15,16)17)7-10(18)12(20)21-4/h7-8H,5-6H2,1-4H3. The Morgan fingerprint density at radius 2 is 1.86 bits per heavy atom. The van der Waals surface area contributed by atoms with E-state index in [4.69, 9.17) is 39.5 Å². The molecule has 0 spiro atoms. The molecule has 1 aromatic rings. The van der Waals surface area contributed by atoms with Crippen LogP contribution < -0.4 is 0 Å². The number of halogens is 3. The fourth-order valence-corrected chi connectivity index (χ4v) is 2.57. The number of carbonyl (C=O) groups is 2. The molecule has 0 saturated heterocycles. The van der Waals surface area contributed by atoms with Crippen LogP contribution in [0.25, 0.3) is 0 Å². The molecule has 0 radical (unpaired) electrons. The first-order valence-corrected chi connectivity index (χ1v) is 7.60. The molecule has 0 amide bonds. The van der Waals surface area contributed by atoms with Crippen LogP contribution in [0.2, 0.25) is 0 Å². The van der Waals surface area contributed by atoms with E-state index in [-0.39, 0.29) is 16.8 Å². The summed E-state index contributed by atoms with van der Waals surface area (Å²) in [6.07, 6.45) is 3.26. The van der Waals surface area contributed by atoms with Crippen LogP contribution in [0.15, 0.2) is 12.3 Å². The first-order valence-electron chi connectivity index (χ1n) is 6.47. The summed E-state index contributed by atoms with van der Waals surface area (Å²) in [5, 5.41) is 0. The lowest BCUT2D eigenvalue weighted by molar-refractivity contribution is 0.0579. The summed E-state index contributed by atoms with van der Waals surface area (Å²) in [4.78, 5) is 24.0. The van der Waals surface area contributed by atoms with Crippen molar-refractivity contribution in [2.24, 2.45) is 0 Å². The van der Waals surface area contributed by atoms with Crippen molar-refractivity contribution in [3.8, 4) is 0 Å². The second-order valence-electron chi connectivity index (χ2n) is 5.36. The minimum Gasteiger partial charge on any atom is -0.464 e. The van der Waals surface area contributed by atoms with Crippen LogP contribution in [0, 0.1) is 0 Å². The van der Waals surface area contributed by atoms with Gasteiger partial charge in [0.05, 0.1) is 7.11 Å². The number of methoxy groups -OCH3 is 1. The van der Waals surface area contributed by atoms with Crippen LogP contribution in [0.5, 0.6) is 0 Å². The summed E-state index contributed by atoms with van der Waals surface area (Å²) >= 11 is 16.9. The molecule has 4 nitrogen and oxygen atoms in total. The fraction of sp³-hybridized carbons (Fsp3) is 0.571. The van der Waals surface area contributed by atoms with Gasteiger partial charge in [0, 0.05) is 17.3 Å². The maximum absolute atomic E-state index is 12.1. The van der Waals surface area contributed by atoms with Crippen molar-refractivity contribution in [1.29, 1.82) is 0 Å². The Morgan fingerprint density at radius 1 is 1.29 bits per heavy atom. The molecule has 0 aliphatic rings. The largest absolute Gasteiger partial charge is 0.464 e. The van der Waals surface area contributed by atoms with Gasteiger partial charge < -0.3 is 9.30 Å². The normalized spacial score (nSPS) is 12.3. The number of Topliss-reactive ketones (excluding diaryl/α,β-unsaturated/α-hetero) is 1. The van der Waals surface area contributed by atoms with Crippen LogP contribution in [-0.4, -0.2) is 27.2 Å². The third-order valence-corrected chi connectivity index (χ3v) is 3.76. The van der Waals surface area contributed by atoms with Gasteiger partial charge in [-0.1, -0.05) is 48.1 Å². The molecule has 1 heterocycles. The number of hydrogen-bond acceptors (Lipinski definition) is 3. The molecule has 0 atom stereocenters. The molecule has 1 rings (SSSR count). The average Bonchev–Trinajstić information content (AvgIpc) is 2.81. The zero-order chi connectivity index (χ0) is 16.4. The van der Waals surface area contributed by atoms with E-state index in [0.717, 1.165) is 12.8 Å². The topological polar surface area (TPSA) is 48.3 Å². The number of hydrogen-bond donors (Lipinski definition) is 0. The molecule has 0 unspecified atom stereocenters. The molecule has 7 heteroatoms. The number of alkyl halides is 3. The number of aromatic nitrogens is 1. The monoisotopic (exact) mass is 353 g/mol. The minimum atomic E-state index is -2.06. The van der Waals surface area contributed by atoms with Crippen LogP contribution in [0.3, 0.4) is 0 Å². The predicted octanol–water partition coefficient (Wildman–Crippen LogP) is 4.36. The van der Waals surface area contributed by atoms with Crippen molar-refractivity contribution >= 4 is 46.6 Å². The molecule has 0 aliphatic heterocycles. The first kappa shape index (κ1) is 18.3. The Morgan fingerprint density at radius 3 is 2.29 bits per heavy atom. The molecule has 0 fully saturated rings. The Kier molecular flexibility index (Phi) is 5.76. The lowest BCUT2D eigenvalue weighted by Gasteiger charge is -2.28. The van der Waals surface area contributed by atoms with E-state index < -0.39 is 15.5 Å². The average molecular weight is 355 g/mol. The van der Waals surface area contributed by atoms with Gasteiger partial charge in [-0.3, -0.25) is 4.79 Å². The van der Waals surface area contributed by atoms with Crippen molar-refractivity contribution in [2.45, 2.75) is 42.9 Å². The highest BCUT2D eigenvalue weighted by Crippen LogP contribution is 2.33. The number of nitrogens with zero attached hydrogens (tertiary/aromatic N) is 1. The lowest BCUT2D eigenvalue weighted by atomic mass is 9.98. The molecular weight excluding hydrogens is 337 g/mol. The van der Waals surface area contributed by atoms with Gasteiger partial charge in [-0.2, -0.15) is 0 Å². The smallest absolute Gasteiger partial charge is 0.354 e. The third kappa shape index (κ3) is 4.15. The number of esters is 1. The van der Waals surface area contributed by atoms with Crippen LogP contribution in [0.1, 0.15) is 54.5 Å². The van der Waals surface area contributed by atoms with Gasteiger partial charge in [0.15, 0.2) is 0 Å². The van der Waals surface area contributed by atoms with Gasteiger partial charge in [-0.15, -0.1) is 0 Å². The highest BCUT2D eigenvalue weighted by Gasteiger charge is 2.35. The van der Waals surface area contributed by atoms with Crippen LogP contribution in [-0.2, 0) is 10.3 Å². The number of rotatable bonds is 5. The minimum absolute atomic E-state index is 0.166. The summed E-state index contributed by atoms with van der Waals surface area (Å²) < 4.78 is 4.40. The van der Waals surface area contributed by atoms with Gasteiger partial charge in [-0.05, 0) is 26.3 Å². The van der Waals surface area contributed by atoms with Crippen molar-refractivity contribution in [2.75, 3.05) is 7.11 Å². The maximum atomic E-state index is 12.1. The molecule has 118 valence electrons. The van der Waals surface area contributed by atoms with E-state index in [1.54, 1.807) is 4.57 Å². The van der Waals surface area contributed by atoms with Crippen LogP contribution in [0.4, 0.5) is 0 Å². The second-order valence-corrected chi connectivity index (χ2v) is 7.65. The molecular formula is C14H18Cl3NO3. The van der Waals surface area contributed by atoms with Crippen molar-refractivity contribution in [3.63, 3.8) is 0 Å². The highest BCUT2D eigenvalue weighted by atomic mass is 35.6. The highest BCUT2D eigenvalue weighted by molar-refractivity contribution is 6.77. The molecule has 0 saturated carbocycles. The molecule has 1 aromatic heterocycles. The zero-order valence-corrected chi connectivity index (χ0v) is 14.6. The van der Waals surface area contributed by atoms with Gasteiger partial charge in [0.25, 0.3) is 3.79 Å². The summed E-state index contributed by atoms with van der Waals surface area (Å²) in [6.45, 7) is 5.97. The molecule has 21 heavy (non-hydrogen) atoms. The van der Waals surface area contributed by atoms with Crippen molar-refractivity contribution in [1.82, 2.24) is 4.57 Å². The Bertz CT molecular complexity index is 544. The number of ketones is 1. The van der Waals surface area contributed by atoms with E-state index in [0.29, 0.717) is 0 Å². The SMILES string of the molecule is CCCC(C)(C)n1cc(C(=O)C(Cl)(Cl)Cl)cc1C(=O)OC. The summed E-state index contributed by atoms with van der Waals surface area (Å²) in [7, 11) is 1.28. The summed E-state index contributed by atoms with van der Waals surface area (Å²) in [5.74, 6) is -1.22. The quantitative estimate of drug-likeness (QED) is 0.448. The molecule has 0 aliphatic carbocycles. The van der Waals surface area contributed by atoms with Gasteiger partial charge in [-0.25, -0.2) is 4.79 Å². The lowest BCUT2D eigenvalue weighted by Crippen LogP contribution is -2.29. The van der Waals surface area contributed by atoms with Crippen molar-refractivity contribution in [3.05, 3.63) is 23.5 Å². The molecule has 0 bridgehead atoms. The number of ether oxygens (including phenoxy) is 1. The van der Waals surface area contributed by atoms with E-state index in [1.807, 2.05) is 20.8 Å². The fourth-order valence-electron chi connectivity index (χ4n) is 2.25. The maximum Gasteiger partial charge on any atom is 0.354 e. The van der Waals surface area contributed by atoms with Gasteiger partial charge in [0.1, 0.15) is 5.69 Å². The van der Waals surface area contributed by atoms with E-state index in [2.05, 4.69) is 0 Å². The van der Waals surface area contributed by atoms with Crippen LogP contribution >= 0.6 is 34.8 Å². The Hall–Kier alpha value is -0.710. The molecule has 0 aromatic carbocycles. The van der Waals surface area contributed by atoms with Crippen molar-refractivity contribution < 1.29 is 14.3 Å². The van der Waals surface area contributed by atoms with Gasteiger partial charge in [0.2, 0.25) is 5.78 Å². The zero-order valence-electron chi connectivity index (χ0n) is 12.4. The van der Waals surface area contributed by atoms with Gasteiger partial charge >= 0.3 is 5.97 Å². The van der Waals surface area contributed by atoms with E-state index in [1.165, 1.54) is 19.4 Å². The second kappa shape index (κ2) is 6.59. The number of carbonyl (C=O) groups excluding carboxylic acids is 2. The first-order chi connectivity index (χ1) is 9.54. The summed E-state index contributed by atoms with van der Waals surface area (Å²) in [6, 6.07) is 1.40. The van der Waals surface area contributed by atoms with E-state index >= 15 is 0 Å². The molecule has 0 N–H and O–H groups in total.